The summed E-state index contributed by atoms with van der Waals surface area (Å²) in [5.41, 5.74) is 7.00. The molecular weight excluding hydrogens is 186 g/mol. The molecule has 0 atom stereocenters. The molecule has 0 fully saturated rings. The Morgan fingerprint density at radius 1 is 1.27 bits per heavy atom. The molecule has 15 heavy (non-hydrogen) atoms. The molecule has 0 unspecified atom stereocenters. The molecule has 0 amide bonds. The fraction of sp³-hybridized carbons (Fsp3) is 0.538. The number of rotatable bonds is 4. The summed E-state index contributed by atoms with van der Waals surface area (Å²) in [6.07, 6.45) is 1.06. The third kappa shape index (κ3) is 4.84. The zero-order valence-electron chi connectivity index (χ0n) is 9.92. The maximum Gasteiger partial charge on any atom is 0.119 e. The largest absolute Gasteiger partial charge is 0.494 e. The highest BCUT2D eigenvalue weighted by Crippen LogP contribution is 2.20. The van der Waals surface area contributed by atoms with Crippen LogP contribution < -0.4 is 10.5 Å². The predicted molar refractivity (Wildman–Crippen MR) is 63.9 cm³/mol. The summed E-state index contributed by atoms with van der Waals surface area (Å²) < 4.78 is 5.67. The minimum Gasteiger partial charge on any atom is -0.494 e. The molecule has 1 aromatic rings. The molecule has 0 radical (unpaired) electrons. The highest BCUT2D eigenvalue weighted by atomic mass is 16.5. The summed E-state index contributed by atoms with van der Waals surface area (Å²) in [6.45, 7) is 7.97. The van der Waals surface area contributed by atoms with Gasteiger partial charge in [-0.15, -0.1) is 0 Å². The first-order chi connectivity index (χ1) is 7.01. The van der Waals surface area contributed by atoms with E-state index in [1.54, 1.807) is 0 Å². The van der Waals surface area contributed by atoms with Gasteiger partial charge in [0.15, 0.2) is 0 Å². The molecule has 0 heterocycles. The lowest BCUT2D eigenvalue weighted by atomic mass is 9.93. The quantitative estimate of drug-likeness (QED) is 0.823. The number of ether oxygens (including phenoxy) is 1. The summed E-state index contributed by atoms with van der Waals surface area (Å²) in [4.78, 5) is 0. The maximum absolute atomic E-state index is 5.67. The van der Waals surface area contributed by atoms with Gasteiger partial charge in [0.25, 0.3) is 0 Å². The minimum atomic E-state index is 0.325. The van der Waals surface area contributed by atoms with E-state index in [9.17, 15) is 0 Å². The molecule has 2 heteroatoms. The summed E-state index contributed by atoms with van der Waals surface area (Å²) in [7, 11) is 0. The van der Waals surface area contributed by atoms with E-state index in [0.717, 1.165) is 24.3 Å². The van der Waals surface area contributed by atoms with Crippen molar-refractivity contribution in [2.45, 2.75) is 33.7 Å². The molecule has 0 spiro atoms. The molecule has 2 N–H and O–H groups in total. The van der Waals surface area contributed by atoms with Crippen molar-refractivity contribution in [1.29, 1.82) is 0 Å². The van der Waals surface area contributed by atoms with E-state index < -0.39 is 0 Å². The van der Waals surface area contributed by atoms with Crippen LogP contribution in [0.5, 0.6) is 5.75 Å². The van der Waals surface area contributed by atoms with Crippen molar-refractivity contribution in [3.05, 3.63) is 29.8 Å². The first-order valence-electron chi connectivity index (χ1n) is 5.43. The highest BCUT2D eigenvalue weighted by Gasteiger charge is 2.09. The number of hydrogen-bond acceptors (Lipinski definition) is 2. The van der Waals surface area contributed by atoms with Gasteiger partial charge in [-0.1, -0.05) is 32.9 Å². The van der Waals surface area contributed by atoms with Gasteiger partial charge >= 0.3 is 0 Å². The van der Waals surface area contributed by atoms with Gasteiger partial charge in [0, 0.05) is 6.54 Å². The van der Waals surface area contributed by atoms with Crippen molar-refractivity contribution in [3.8, 4) is 5.75 Å². The van der Waals surface area contributed by atoms with E-state index >= 15 is 0 Å². The second kappa shape index (κ2) is 5.17. The van der Waals surface area contributed by atoms with Crippen LogP contribution in [0.3, 0.4) is 0 Å². The number of nitrogens with two attached hydrogens (primary N) is 1. The van der Waals surface area contributed by atoms with E-state index in [4.69, 9.17) is 10.5 Å². The molecule has 0 aliphatic carbocycles. The van der Waals surface area contributed by atoms with E-state index in [1.165, 1.54) is 0 Å². The Kier molecular flexibility index (Phi) is 4.15. The van der Waals surface area contributed by atoms with Crippen LogP contribution in [0.15, 0.2) is 24.3 Å². The van der Waals surface area contributed by atoms with Crippen molar-refractivity contribution < 1.29 is 4.74 Å². The molecule has 0 aliphatic heterocycles. The molecule has 2 nitrogen and oxygen atoms in total. The molecule has 0 saturated heterocycles. The smallest absolute Gasteiger partial charge is 0.119 e. The van der Waals surface area contributed by atoms with E-state index in [0.29, 0.717) is 12.0 Å². The van der Waals surface area contributed by atoms with Gasteiger partial charge in [-0.3, -0.25) is 0 Å². The molecule has 84 valence electrons. The van der Waals surface area contributed by atoms with Gasteiger partial charge < -0.3 is 10.5 Å². The summed E-state index contributed by atoms with van der Waals surface area (Å²) in [5, 5.41) is 0. The van der Waals surface area contributed by atoms with E-state index in [-0.39, 0.29) is 0 Å². The lowest BCUT2D eigenvalue weighted by molar-refractivity contribution is 0.243. The first kappa shape index (κ1) is 12.1. The second-order valence-electron chi connectivity index (χ2n) is 5.01. The van der Waals surface area contributed by atoms with Crippen LogP contribution in [0.1, 0.15) is 32.8 Å². The topological polar surface area (TPSA) is 35.2 Å². The standard InChI is InChI=1S/C13H21NO/c1-13(2,3)7-8-15-12-6-4-5-11(9-12)10-14/h4-6,9H,7-8,10,14H2,1-3H3. The van der Waals surface area contributed by atoms with Crippen molar-refractivity contribution >= 4 is 0 Å². The van der Waals surface area contributed by atoms with Crippen LogP contribution in [0.4, 0.5) is 0 Å². The zero-order chi connectivity index (χ0) is 11.3. The fourth-order valence-corrected chi connectivity index (χ4v) is 1.24. The minimum absolute atomic E-state index is 0.325. The summed E-state index contributed by atoms with van der Waals surface area (Å²) >= 11 is 0. The number of benzene rings is 1. The van der Waals surface area contributed by atoms with Gasteiger partial charge in [0.05, 0.1) is 6.61 Å². The molecule has 0 aromatic heterocycles. The second-order valence-corrected chi connectivity index (χ2v) is 5.01. The van der Waals surface area contributed by atoms with E-state index in [2.05, 4.69) is 20.8 Å². The molecule has 1 aromatic carbocycles. The van der Waals surface area contributed by atoms with Gasteiger partial charge in [0.1, 0.15) is 5.75 Å². The van der Waals surface area contributed by atoms with Crippen molar-refractivity contribution in [1.82, 2.24) is 0 Å². The maximum atomic E-state index is 5.67. The lowest BCUT2D eigenvalue weighted by Gasteiger charge is -2.18. The Labute approximate surface area is 92.4 Å². The Morgan fingerprint density at radius 2 is 2.00 bits per heavy atom. The van der Waals surface area contributed by atoms with Crippen LogP contribution in [-0.2, 0) is 6.54 Å². The lowest BCUT2D eigenvalue weighted by Crippen LogP contribution is -2.11. The summed E-state index contributed by atoms with van der Waals surface area (Å²) in [5.74, 6) is 0.919. The summed E-state index contributed by atoms with van der Waals surface area (Å²) in [6, 6.07) is 7.97. The molecule has 1 rings (SSSR count). The molecule has 0 saturated carbocycles. The van der Waals surface area contributed by atoms with Crippen LogP contribution in [0.2, 0.25) is 0 Å². The Morgan fingerprint density at radius 3 is 2.60 bits per heavy atom. The van der Waals surface area contributed by atoms with Gasteiger partial charge in [-0.25, -0.2) is 0 Å². The highest BCUT2D eigenvalue weighted by molar-refractivity contribution is 5.28. The third-order valence-electron chi connectivity index (χ3n) is 2.25. The predicted octanol–water partition coefficient (Wildman–Crippen LogP) is 2.96. The molecular formula is C13H21NO. The Balaban J connectivity index is 2.44. The van der Waals surface area contributed by atoms with Crippen molar-refractivity contribution in [2.24, 2.45) is 11.1 Å². The van der Waals surface area contributed by atoms with Crippen LogP contribution in [0, 0.1) is 5.41 Å². The number of hydrogen-bond donors (Lipinski definition) is 1. The Hall–Kier alpha value is -1.02. The average Bonchev–Trinajstić information content (AvgIpc) is 2.16. The van der Waals surface area contributed by atoms with Crippen molar-refractivity contribution in [3.63, 3.8) is 0 Å². The van der Waals surface area contributed by atoms with Gasteiger partial charge in [-0.2, -0.15) is 0 Å². The van der Waals surface area contributed by atoms with Gasteiger partial charge in [-0.05, 0) is 29.5 Å². The molecule has 0 bridgehead atoms. The SMILES string of the molecule is CC(C)(C)CCOc1cccc(CN)c1. The van der Waals surface area contributed by atoms with Crippen LogP contribution in [0.25, 0.3) is 0 Å². The normalized spacial score (nSPS) is 11.5. The monoisotopic (exact) mass is 207 g/mol. The van der Waals surface area contributed by atoms with Crippen LogP contribution >= 0.6 is 0 Å². The average molecular weight is 207 g/mol. The first-order valence-corrected chi connectivity index (χ1v) is 5.43. The van der Waals surface area contributed by atoms with Crippen LogP contribution in [-0.4, -0.2) is 6.61 Å². The third-order valence-corrected chi connectivity index (χ3v) is 2.25. The van der Waals surface area contributed by atoms with E-state index in [1.807, 2.05) is 24.3 Å². The van der Waals surface area contributed by atoms with Crippen molar-refractivity contribution in [2.75, 3.05) is 6.61 Å². The fourth-order valence-electron chi connectivity index (χ4n) is 1.24. The van der Waals surface area contributed by atoms with Gasteiger partial charge in [0.2, 0.25) is 0 Å². The Bertz CT molecular complexity index is 302. The molecule has 0 aliphatic rings. The zero-order valence-corrected chi connectivity index (χ0v) is 9.92.